The van der Waals surface area contributed by atoms with Crippen molar-refractivity contribution in [1.82, 2.24) is 9.38 Å². The average Bonchev–Trinajstić information content (AvgIpc) is 2.79. The van der Waals surface area contributed by atoms with E-state index in [1.54, 1.807) is 40.9 Å². The quantitative estimate of drug-likeness (QED) is 0.390. The van der Waals surface area contributed by atoms with Crippen LogP contribution in [-0.4, -0.2) is 21.9 Å². The number of thioether (sulfide) groups is 1. The molecule has 2 aromatic heterocycles. The maximum atomic E-state index is 12.4. The molecule has 2 heterocycles. The third-order valence-electron chi connectivity index (χ3n) is 4.66. The Bertz CT molecular complexity index is 1320. The Morgan fingerprint density at radius 3 is 2.72 bits per heavy atom. The van der Waals surface area contributed by atoms with E-state index in [-0.39, 0.29) is 18.1 Å². The number of anilines is 1. The van der Waals surface area contributed by atoms with Gasteiger partial charge in [0.1, 0.15) is 11.4 Å². The first-order valence-corrected chi connectivity index (χ1v) is 11.2. The van der Waals surface area contributed by atoms with E-state index >= 15 is 0 Å². The molecular formula is C24H20ClN3O3S. The van der Waals surface area contributed by atoms with Crippen molar-refractivity contribution in [3.63, 3.8) is 0 Å². The molecule has 0 unspecified atom stereocenters. The van der Waals surface area contributed by atoms with Gasteiger partial charge in [-0.3, -0.25) is 14.0 Å². The number of aryl methyl sites for hydroxylation is 1. The van der Waals surface area contributed by atoms with E-state index in [1.807, 2.05) is 43.3 Å². The molecule has 32 heavy (non-hydrogen) atoms. The molecular weight excluding hydrogens is 446 g/mol. The van der Waals surface area contributed by atoms with Crippen LogP contribution in [0.2, 0.25) is 5.02 Å². The zero-order valence-electron chi connectivity index (χ0n) is 17.2. The van der Waals surface area contributed by atoms with Crippen molar-refractivity contribution in [2.75, 3.05) is 11.9 Å². The van der Waals surface area contributed by atoms with Crippen molar-refractivity contribution in [2.45, 2.75) is 17.6 Å². The molecule has 0 bridgehead atoms. The van der Waals surface area contributed by atoms with Crippen LogP contribution in [0.4, 0.5) is 5.69 Å². The number of amides is 1. The van der Waals surface area contributed by atoms with Crippen molar-refractivity contribution >= 4 is 40.6 Å². The van der Waals surface area contributed by atoms with Crippen LogP contribution < -0.4 is 15.6 Å². The molecule has 0 aliphatic heterocycles. The summed E-state index contributed by atoms with van der Waals surface area (Å²) in [7, 11) is 0. The first-order chi connectivity index (χ1) is 15.5. The summed E-state index contributed by atoms with van der Waals surface area (Å²) in [6, 6.07) is 19.6. The number of hydrogen-bond acceptors (Lipinski definition) is 5. The van der Waals surface area contributed by atoms with Crippen molar-refractivity contribution in [3.8, 4) is 5.75 Å². The van der Waals surface area contributed by atoms with Crippen LogP contribution in [0.5, 0.6) is 5.75 Å². The third-order valence-corrected chi connectivity index (χ3v) is 6.02. The Balaban J connectivity index is 1.43. The number of hydrogen-bond donors (Lipinski definition) is 1. The molecule has 2 aromatic carbocycles. The minimum Gasteiger partial charge on any atom is -0.484 e. The number of ether oxygens (including phenoxy) is 1. The molecule has 0 atom stereocenters. The Morgan fingerprint density at radius 2 is 1.91 bits per heavy atom. The molecule has 0 spiro atoms. The summed E-state index contributed by atoms with van der Waals surface area (Å²) in [6.45, 7) is 1.80. The molecule has 1 amide bonds. The Morgan fingerprint density at radius 1 is 1.12 bits per heavy atom. The number of fused-ring (bicyclic) bond motifs is 1. The van der Waals surface area contributed by atoms with E-state index in [2.05, 4.69) is 10.3 Å². The SMILES string of the molecule is Cc1cccn2c(=O)cc(CSc3ccccc3NC(=O)COc3ccc(Cl)cc3)nc12. The van der Waals surface area contributed by atoms with Crippen LogP contribution in [-0.2, 0) is 10.5 Å². The van der Waals surface area contributed by atoms with Gasteiger partial charge in [0, 0.05) is 27.9 Å². The second-order valence-corrected chi connectivity index (χ2v) is 8.50. The van der Waals surface area contributed by atoms with E-state index in [0.29, 0.717) is 33.6 Å². The van der Waals surface area contributed by atoms with E-state index in [4.69, 9.17) is 16.3 Å². The molecule has 0 saturated heterocycles. The van der Waals surface area contributed by atoms with Crippen molar-refractivity contribution in [2.24, 2.45) is 0 Å². The lowest BCUT2D eigenvalue weighted by Crippen LogP contribution is -2.20. The molecule has 4 rings (SSSR count). The van der Waals surface area contributed by atoms with Crippen LogP contribution in [0.15, 0.2) is 82.6 Å². The van der Waals surface area contributed by atoms with Crippen LogP contribution in [0, 0.1) is 6.92 Å². The Labute approximate surface area is 194 Å². The van der Waals surface area contributed by atoms with Gasteiger partial charge in [-0.2, -0.15) is 0 Å². The van der Waals surface area contributed by atoms with Crippen molar-refractivity contribution in [3.05, 3.63) is 99.6 Å². The number of carbonyl (C=O) groups excluding carboxylic acids is 1. The van der Waals surface area contributed by atoms with E-state index in [1.165, 1.54) is 11.8 Å². The molecule has 0 radical (unpaired) electrons. The van der Waals surface area contributed by atoms with Crippen LogP contribution in [0.25, 0.3) is 5.65 Å². The van der Waals surface area contributed by atoms with Gasteiger partial charge in [0.15, 0.2) is 6.61 Å². The average molecular weight is 466 g/mol. The van der Waals surface area contributed by atoms with E-state index in [9.17, 15) is 9.59 Å². The number of benzene rings is 2. The van der Waals surface area contributed by atoms with Gasteiger partial charge in [0.25, 0.3) is 11.5 Å². The predicted molar refractivity (Wildman–Crippen MR) is 128 cm³/mol. The molecule has 0 saturated carbocycles. The van der Waals surface area contributed by atoms with E-state index < -0.39 is 0 Å². The number of nitrogens with zero attached hydrogens (tertiary/aromatic N) is 2. The molecule has 8 heteroatoms. The third kappa shape index (κ3) is 5.30. The zero-order valence-corrected chi connectivity index (χ0v) is 18.8. The van der Waals surface area contributed by atoms with Crippen molar-refractivity contribution in [1.29, 1.82) is 0 Å². The van der Waals surface area contributed by atoms with E-state index in [0.717, 1.165) is 10.5 Å². The number of para-hydroxylation sites is 1. The summed E-state index contributed by atoms with van der Waals surface area (Å²) in [5, 5.41) is 3.48. The molecule has 0 fully saturated rings. The highest BCUT2D eigenvalue weighted by Gasteiger charge is 2.10. The van der Waals surface area contributed by atoms with Crippen LogP contribution in [0.3, 0.4) is 0 Å². The van der Waals surface area contributed by atoms with Gasteiger partial charge in [0.2, 0.25) is 0 Å². The number of nitrogens with one attached hydrogen (secondary N) is 1. The second-order valence-electron chi connectivity index (χ2n) is 7.05. The van der Waals surface area contributed by atoms with Gasteiger partial charge in [-0.05, 0) is 55.0 Å². The normalized spacial score (nSPS) is 10.8. The molecule has 0 aliphatic carbocycles. The second kappa shape index (κ2) is 9.89. The van der Waals surface area contributed by atoms with Gasteiger partial charge in [-0.1, -0.05) is 29.8 Å². The van der Waals surface area contributed by atoms with Gasteiger partial charge in [0.05, 0.1) is 11.4 Å². The van der Waals surface area contributed by atoms with Crippen molar-refractivity contribution < 1.29 is 9.53 Å². The summed E-state index contributed by atoms with van der Waals surface area (Å²) in [5.41, 5.74) is 2.83. The summed E-state index contributed by atoms with van der Waals surface area (Å²) < 4.78 is 7.04. The summed E-state index contributed by atoms with van der Waals surface area (Å²) in [5.74, 6) is 0.788. The summed E-state index contributed by atoms with van der Waals surface area (Å²) >= 11 is 7.36. The highest BCUT2D eigenvalue weighted by Crippen LogP contribution is 2.29. The number of rotatable bonds is 7. The fraction of sp³-hybridized carbons (Fsp3) is 0.125. The molecule has 0 aliphatic rings. The maximum Gasteiger partial charge on any atom is 0.262 e. The molecule has 4 aromatic rings. The topological polar surface area (TPSA) is 72.7 Å². The first kappa shape index (κ1) is 21.9. The number of pyridine rings is 1. The monoisotopic (exact) mass is 465 g/mol. The highest BCUT2D eigenvalue weighted by atomic mass is 35.5. The minimum absolute atomic E-state index is 0.116. The van der Waals surface area contributed by atoms with Gasteiger partial charge in [-0.15, -0.1) is 11.8 Å². The molecule has 1 N–H and O–H groups in total. The van der Waals surface area contributed by atoms with Gasteiger partial charge < -0.3 is 10.1 Å². The van der Waals surface area contributed by atoms with Gasteiger partial charge in [-0.25, -0.2) is 4.98 Å². The zero-order chi connectivity index (χ0) is 22.5. The summed E-state index contributed by atoms with van der Waals surface area (Å²) in [4.78, 5) is 30.3. The lowest BCUT2D eigenvalue weighted by atomic mass is 10.3. The minimum atomic E-state index is -0.273. The Hall–Kier alpha value is -3.29. The predicted octanol–water partition coefficient (Wildman–Crippen LogP) is 4.97. The number of aromatic nitrogens is 2. The number of halogens is 1. The maximum absolute atomic E-state index is 12.4. The first-order valence-electron chi connectivity index (χ1n) is 9.87. The largest absolute Gasteiger partial charge is 0.484 e. The fourth-order valence-electron chi connectivity index (χ4n) is 3.10. The smallest absolute Gasteiger partial charge is 0.262 e. The molecule has 162 valence electrons. The lowest BCUT2D eigenvalue weighted by Gasteiger charge is -2.12. The summed E-state index contributed by atoms with van der Waals surface area (Å²) in [6.07, 6.45) is 1.71. The highest BCUT2D eigenvalue weighted by molar-refractivity contribution is 7.98. The fourth-order valence-corrected chi connectivity index (χ4v) is 4.12. The van der Waals surface area contributed by atoms with Crippen LogP contribution >= 0.6 is 23.4 Å². The van der Waals surface area contributed by atoms with Gasteiger partial charge >= 0.3 is 0 Å². The Kier molecular flexibility index (Phi) is 6.78. The van der Waals surface area contributed by atoms with Crippen LogP contribution in [0.1, 0.15) is 11.3 Å². The number of carbonyl (C=O) groups is 1. The molecule has 6 nitrogen and oxygen atoms in total. The standard InChI is InChI=1S/C24H20ClN3O3S/c1-16-5-4-12-28-23(30)13-18(26-24(16)28)15-32-21-7-3-2-6-20(21)27-22(29)14-31-19-10-8-17(25)9-11-19/h2-13H,14-15H2,1H3,(H,27,29). The lowest BCUT2D eigenvalue weighted by molar-refractivity contribution is -0.118.